The van der Waals surface area contributed by atoms with Gasteiger partial charge in [-0.15, -0.1) is 10.2 Å². The molecule has 11 heteroatoms. The second-order valence-corrected chi connectivity index (χ2v) is 9.74. The number of halogens is 3. The Morgan fingerprint density at radius 1 is 1.39 bits per heavy atom. The van der Waals surface area contributed by atoms with Gasteiger partial charge in [-0.3, -0.25) is 0 Å². The predicted molar refractivity (Wildman–Crippen MR) is 120 cm³/mol. The molecule has 2 aromatic rings. The number of fused-ring (bicyclic) bond motifs is 3. The number of nitriles is 1. The molecule has 0 bridgehead atoms. The Hall–Kier alpha value is -2.87. The van der Waals surface area contributed by atoms with Gasteiger partial charge in [0.2, 0.25) is 0 Å². The van der Waals surface area contributed by atoms with Crippen molar-refractivity contribution in [2.24, 2.45) is 5.73 Å². The van der Waals surface area contributed by atoms with Crippen molar-refractivity contribution < 1.29 is 13.5 Å². The highest BCUT2D eigenvalue weighted by atomic mass is 35.5. The summed E-state index contributed by atoms with van der Waals surface area (Å²) in [6.07, 6.45) is 2.15. The van der Waals surface area contributed by atoms with Gasteiger partial charge in [0.15, 0.2) is 5.82 Å². The lowest BCUT2D eigenvalue weighted by Crippen LogP contribution is -2.35. The van der Waals surface area contributed by atoms with Crippen LogP contribution in [0.5, 0.6) is 5.75 Å². The second-order valence-electron chi connectivity index (χ2n) is 8.18. The third-order valence-corrected chi connectivity index (χ3v) is 7.94. The molecule has 3 N–H and O–H groups in total. The molecule has 0 spiro atoms. The molecule has 3 aliphatic heterocycles. The summed E-state index contributed by atoms with van der Waals surface area (Å²) in [6, 6.07) is 3.45. The zero-order valence-corrected chi connectivity index (χ0v) is 18.7. The molecule has 0 fully saturated rings. The molecule has 1 aliphatic carbocycles. The molecule has 2 unspecified atom stereocenters. The second kappa shape index (κ2) is 7.58. The minimum absolute atomic E-state index is 0.0469. The summed E-state index contributed by atoms with van der Waals surface area (Å²) < 4.78 is 38.4. The first kappa shape index (κ1) is 20.7. The first-order valence-corrected chi connectivity index (χ1v) is 11.7. The Morgan fingerprint density at radius 2 is 2.24 bits per heavy atom. The molecule has 1 aromatic carbocycles. The molecule has 33 heavy (non-hydrogen) atoms. The number of alkyl halides is 1. The molecule has 4 aliphatic rings. The lowest BCUT2D eigenvalue weighted by atomic mass is 9.86. The van der Waals surface area contributed by atoms with Crippen LogP contribution in [0.1, 0.15) is 23.9 Å². The van der Waals surface area contributed by atoms with Gasteiger partial charge in [0, 0.05) is 18.5 Å². The van der Waals surface area contributed by atoms with E-state index in [0.29, 0.717) is 47.9 Å². The maximum Gasteiger partial charge on any atom is 0.168 e. The van der Waals surface area contributed by atoms with Crippen molar-refractivity contribution >= 4 is 28.9 Å². The van der Waals surface area contributed by atoms with E-state index in [1.165, 1.54) is 18.2 Å². The third-order valence-electron chi connectivity index (χ3n) is 6.37. The van der Waals surface area contributed by atoms with E-state index in [1.54, 1.807) is 0 Å². The SMILES string of the molecule is N#CC1=C(N)SC2C1=C(c1c(F)cc3c(c1Cl)OCC[C@@H]1CNCc4nnc-3n41)C=CC2F. The zero-order chi connectivity index (χ0) is 22.9. The Balaban J connectivity index is 1.59. The van der Waals surface area contributed by atoms with Gasteiger partial charge in [-0.05, 0) is 23.3 Å². The number of rotatable bonds is 1. The number of nitrogens with zero attached hydrogens (tertiary/aromatic N) is 4. The molecule has 168 valence electrons. The predicted octanol–water partition coefficient (Wildman–Crippen LogP) is 3.64. The summed E-state index contributed by atoms with van der Waals surface area (Å²) in [5, 5.41) is 21.0. The summed E-state index contributed by atoms with van der Waals surface area (Å²) in [5.74, 6) is 0.938. The van der Waals surface area contributed by atoms with Crippen LogP contribution in [0.15, 0.2) is 34.4 Å². The molecule has 4 heterocycles. The van der Waals surface area contributed by atoms with E-state index in [2.05, 4.69) is 15.5 Å². The highest BCUT2D eigenvalue weighted by Gasteiger charge is 2.40. The van der Waals surface area contributed by atoms with Crippen molar-refractivity contribution in [2.45, 2.75) is 30.4 Å². The Kier molecular flexibility index (Phi) is 4.76. The van der Waals surface area contributed by atoms with Crippen LogP contribution >= 0.6 is 23.4 Å². The van der Waals surface area contributed by atoms with Crippen LogP contribution in [0.3, 0.4) is 0 Å². The van der Waals surface area contributed by atoms with Gasteiger partial charge in [0.25, 0.3) is 0 Å². The first-order valence-electron chi connectivity index (χ1n) is 10.4. The van der Waals surface area contributed by atoms with Gasteiger partial charge in [-0.1, -0.05) is 29.4 Å². The van der Waals surface area contributed by atoms with Crippen LogP contribution in [0, 0.1) is 17.1 Å². The van der Waals surface area contributed by atoms with Gasteiger partial charge in [0.1, 0.15) is 29.6 Å². The van der Waals surface area contributed by atoms with Crippen LogP contribution in [0.25, 0.3) is 17.0 Å². The zero-order valence-electron chi connectivity index (χ0n) is 17.1. The highest BCUT2D eigenvalue weighted by Crippen LogP contribution is 2.51. The van der Waals surface area contributed by atoms with Crippen molar-refractivity contribution in [1.29, 1.82) is 5.26 Å². The quantitative estimate of drug-likeness (QED) is 0.634. The minimum Gasteiger partial charge on any atom is -0.491 e. The molecule has 0 radical (unpaired) electrons. The van der Waals surface area contributed by atoms with Gasteiger partial charge in [-0.2, -0.15) is 5.26 Å². The van der Waals surface area contributed by atoms with E-state index in [9.17, 15) is 9.65 Å². The first-order chi connectivity index (χ1) is 16.0. The summed E-state index contributed by atoms with van der Waals surface area (Å²) in [5.41, 5.74) is 7.28. The topological polar surface area (TPSA) is 102 Å². The van der Waals surface area contributed by atoms with Crippen LogP contribution in [-0.4, -0.2) is 39.3 Å². The number of nitrogens with one attached hydrogen (secondary N) is 1. The van der Waals surface area contributed by atoms with Crippen molar-refractivity contribution in [3.8, 4) is 23.2 Å². The van der Waals surface area contributed by atoms with Crippen LogP contribution in [0.2, 0.25) is 5.02 Å². The monoisotopic (exact) mass is 486 g/mol. The van der Waals surface area contributed by atoms with Crippen molar-refractivity contribution in [3.05, 3.63) is 56.6 Å². The molecule has 0 saturated carbocycles. The Morgan fingerprint density at radius 3 is 3.06 bits per heavy atom. The number of hydrogen-bond acceptors (Lipinski definition) is 7. The number of thioether (sulfide) groups is 1. The lowest BCUT2D eigenvalue weighted by Gasteiger charge is -2.30. The maximum absolute atomic E-state index is 15.7. The largest absolute Gasteiger partial charge is 0.491 e. The van der Waals surface area contributed by atoms with Crippen molar-refractivity contribution in [1.82, 2.24) is 20.1 Å². The molecular weight excluding hydrogens is 470 g/mol. The van der Waals surface area contributed by atoms with E-state index in [4.69, 9.17) is 22.1 Å². The summed E-state index contributed by atoms with van der Waals surface area (Å²) in [6.45, 7) is 1.67. The number of benzene rings is 1. The number of aromatic nitrogens is 3. The van der Waals surface area contributed by atoms with E-state index >= 15 is 4.39 Å². The standard InChI is InChI=1S/C22H17ClF2N6OS/c23-18-17(10-1-2-13(24)20-16(10)12(6-26)21(27)33-20)14(25)5-11-19(18)32-4-3-9-7-28-8-15-29-30-22(11)31(9)15/h1-2,5,9,13,20,28H,3-4,7-8,27H2/t9-,13?,20?/m1/s1. The summed E-state index contributed by atoms with van der Waals surface area (Å²) in [4.78, 5) is 0. The number of ether oxygens (including phenoxy) is 1. The number of nitrogens with two attached hydrogens (primary N) is 1. The Bertz CT molecular complexity index is 1340. The van der Waals surface area contributed by atoms with Crippen LogP contribution < -0.4 is 15.8 Å². The Labute approximate surface area is 196 Å². The fraction of sp³-hybridized carbons (Fsp3) is 0.318. The highest BCUT2D eigenvalue weighted by molar-refractivity contribution is 8.04. The molecule has 3 atom stereocenters. The van der Waals surface area contributed by atoms with E-state index in [0.717, 1.165) is 24.1 Å². The average Bonchev–Trinajstić information content (AvgIpc) is 3.37. The smallest absolute Gasteiger partial charge is 0.168 e. The maximum atomic E-state index is 15.7. The molecule has 1 aromatic heterocycles. The van der Waals surface area contributed by atoms with Gasteiger partial charge in [-0.25, -0.2) is 8.78 Å². The molecule has 6 rings (SSSR count). The van der Waals surface area contributed by atoms with E-state index in [1.807, 2.05) is 10.6 Å². The van der Waals surface area contributed by atoms with Gasteiger partial charge in [0.05, 0.1) is 45.6 Å². The van der Waals surface area contributed by atoms with E-state index < -0.39 is 17.2 Å². The van der Waals surface area contributed by atoms with E-state index in [-0.39, 0.29) is 27.2 Å². The fourth-order valence-electron chi connectivity index (χ4n) is 4.89. The molecule has 7 nitrogen and oxygen atoms in total. The summed E-state index contributed by atoms with van der Waals surface area (Å²) in [7, 11) is 0. The molecule has 0 amide bonds. The summed E-state index contributed by atoms with van der Waals surface area (Å²) >= 11 is 7.83. The van der Waals surface area contributed by atoms with Crippen LogP contribution in [0.4, 0.5) is 8.78 Å². The lowest BCUT2D eigenvalue weighted by molar-refractivity contribution is 0.257. The molecule has 0 saturated heterocycles. The van der Waals surface area contributed by atoms with Gasteiger partial charge >= 0.3 is 0 Å². The van der Waals surface area contributed by atoms with Crippen molar-refractivity contribution in [3.63, 3.8) is 0 Å². The number of allylic oxidation sites excluding steroid dienone is 4. The normalized spacial score (nSPS) is 25.6. The minimum atomic E-state index is -1.35. The van der Waals surface area contributed by atoms with Crippen molar-refractivity contribution in [2.75, 3.05) is 13.2 Å². The third kappa shape index (κ3) is 2.96. The molecular formula is C22H17ClF2N6OS. The van der Waals surface area contributed by atoms with Crippen LogP contribution in [-0.2, 0) is 6.54 Å². The number of hydrogen-bond donors (Lipinski definition) is 2. The van der Waals surface area contributed by atoms with Gasteiger partial charge < -0.3 is 20.4 Å². The fourth-order valence-corrected chi connectivity index (χ4v) is 6.37. The average molecular weight is 487 g/mol.